The first-order chi connectivity index (χ1) is 14.6. The molecular formula is C22H25BrN4O2S. The Morgan fingerprint density at radius 2 is 1.97 bits per heavy atom. The van der Waals surface area contributed by atoms with Crippen molar-refractivity contribution < 1.29 is 9.53 Å². The molecule has 0 saturated heterocycles. The third-order valence-electron chi connectivity index (χ3n) is 4.57. The number of methoxy groups -OCH3 is 1. The van der Waals surface area contributed by atoms with Gasteiger partial charge in [-0.25, -0.2) is 0 Å². The van der Waals surface area contributed by atoms with Gasteiger partial charge < -0.3 is 14.6 Å². The largest absolute Gasteiger partial charge is 0.383 e. The Morgan fingerprint density at radius 1 is 1.17 bits per heavy atom. The molecule has 1 N–H and O–H groups in total. The summed E-state index contributed by atoms with van der Waals surface area (Å²) in [6.45, 7) is 3.21. The predicted molar refractivity (Wildman–Crippen MR) is 124 cm³/mol. The Balaban J connectivity index is 1.61. The Kier molecular flexibility index (Phi) is 8.48. The first-order valence-corrected chi connectivity index (χ1v) is 11.5. The number of halogens is 1. The lowest BCUT2D eigenvalue weighted by atomic mass is 10.1. The summed E-state index contributed by atoms with van der Waals surface area (Å²) < 4.78 is 8.31. The van der Waals surface area contributed by atoms with E-state index < -0.39 is 0 Å². The number of carbonyl (C=O) groups is 1. The molecule has 0 aliphatic rings. The number of hydrogen-bond acceptors (Lipinski definition) is 5. The van der Waals surface area contributed by atoms with Crippen LogP contribution in [0.1, 0.15) is 17.0 Å². The molecule has 6 nitrogen and oxygen atoms in total. The molecule has 0 fully saturated rings. The monoisotopic (exact) mass is 488 g/mol. The molecule has 1 amide bonds. The number of aryl methyl sites for hydroxylation is 3. The molecule has 0 aliphatic heterocycles. The maximum absolute atomic E-state index is 12.4. The van der Waals surface area contributed by atoms with Crippen molar-refractivity contribution in [2.45, 2.75) is 31.5 Å². The number of anilines is 1. The quantitative estimate of drug-likeness (QED) is 0.425. The number of ether oxygens (including phenoxy) is 1. The fraction of sp³-hybridized carbons (Fsp3) is 0.318. The molecule has 3 aromatic rings. The smallest absolute Gasteiger partial charge is 0.234 e. The van der Waals surface area contributed by atoms with Crippen LogP contribution >= 0.6 is 27.7 Å². The van der Waals surface area contributed by atoms with Crippen molar-refractivity contribution in [3.8, 4) is 0 Å². The van der Waals surface area contributed by atoms with Crippen LogP contribution < -0.4 is 5.32 Å². The van der Waals surface area contributed by atoms with Crippen LogP contribution in [-0.4, -0.2) is 40.1 Å². The highest BCUT2D eigenvalue weighted by molar-refractivity contribution is 9.10. The van der Waals surface area contributed by atoms with Gasteiger partial charge in [0.1, 0.15) is 5.82 Å². The number of benzene rings is 2. The molecule has 30 heavy (non-hydrogen) atoms. The van der Waals surface area contributed by atoms with E-state index in [9.17, 15) is 4.79 Å². The highest BCUT2D eigenvalue weighted by atomic mass is 79.9. The summed E-state index contributed by atoms with van der Waals surface area (Å²) >= 11 is 4.86. The molecule has 3 rings (SSSR count). The standard InChI is InChI=1S/C22H25BrN4O2S/c1-16-14-18(9-10-19(16)23)24-21(28)15-30-22-26-25-20(27(22)12-13-29-2)11-8-17-6-4-3-5-7-17/h3-7,9-10,14H,8,11-13,15H2,1-2H3,(H,24,28). The van der Waals surface area contributed by atoms with E-state index in [0.29, 0.717) is 13.2 Å². The van der Waals surface area contributed by atoms with E-state index in [1.54, 1.807) is 7.11 Å². The van der Waals surface area contributed by atoms with E-state index in [-0.39, 0.29) is 11.7 Å². The van der Waals surface area contributed by atoms with Crippen molar-refractivity contribution in [2.24, 2.45) is 0 Å². The number of nitrogens with zero attached hydrogens (tertiary/aromatic N) is 3. The topological polar surface area (TPSA) is 69.0 Å². The molecule has 1 heterocycles. The van der Waals surface area contributed by atoms with Crippen LogP contribution in [0, 0.1) is 6.92 Å². The van der Waals surface area contributed by atoms with Crippen LogP contribution in [-0.2, 0) is 28.9 Å². The minimum atomic E-state index is -0.0751. The minimum absolute atomic E-state index is 0.0751. The number of amides is 1. The Bertz CT molecular complexity index is 979. The van der Waals surface area contributed by atoms with E-state index in [1.807, 2.05) is 47.9 Å². The first-order valence-electron chi connectivity index (χ1n) is 9.70. The zero-order chi connectivity index (χ0) is 21.3. The van der Waals surface area contributed by atoms with E-state index in [1.165, 1.54) is 17.3 Å². The number of thioether (sulfide) groups is 1. The molecular weight excluding hydrogens is 464 g/mol. The second kappa shape index (κ2) is 11.3. The SMILES string of the molecule is COCCn1c(CCc2ccccc2)nnc1SCC(=O)Nc1ccc(Br)c(C)c1. The van der Waals surface area contributed by atoms with Crippen LogP contribution in [0.3, 0.4) is 0 Å². The van der Waals surface area contributed by atoms with Crippen LogP contribution in [0.5, 0.6) is 0 Å². The van der Waals surface area contributed by atoms with Crippen molar-refractivity contribution in [3.05, 3.63) is 70.0 Å². The minimum Gasteiger partial charge on any atom is -0.383 e. The highest BCUT2D eigenvalue weighted by Gasteiger charge is 2.14. The number of rotatable bonds is 10. The van der Waals surface area contributed by atoms with Gasteiger partial charge in [-0.15, -0.1) is 10.2 Å². The molecule has 1 aromatic heterocycles. The van der Waals surface area contributed by atoms with E-state index in [2.05, 4.69) is 43.6 Å². The molecule has 0 atom stereocenters. The fourth-order valence-electron chi connectivity index (χ4n) is 2.97. The van der Waals surface area contributed by atoms with Gasteiger partial charge in [-0.3, -0.25) is 4.79 Å². The molecule has 0 bridgehead atoms. The van der Waals surface area contributed by atoms with Gasteiger partial charge in [0.15, 0.2) is 5.16 Å². The third kappa shape index (κ3) is 6.42. The maximum atomic E-state index is 12.4. The van der Waals surface area contributed by atoms with Crippen LogP contribution in [0.15, 0.2) is 58.2 Å². The second-order valence-electron chi connectivity index (χ2n) is 6.83. The Morgan fingerprint density at radius 3 is 2.70 bits per heavy atom. The summed E-state index contributed by atoms with van der Waals surface area (Å²) in [6, 6.07) is 16.1. The van der Waals surface area contributed by atoms with Gasteiger partial charge in [-0.05, 0) is 42.7 Å². The molecule has 0 saturated carbocycles. The average Bonchev–Trinajstić information content (AvgIpc) is 3.14. The zero-order valence-corrected chi connectivity index (χ0v) is 19.5. The summed E-state index contributed by atoms with van der Waals surface area (Å²) in [6.07, 6.45) is 1.67. The van der Waals surface area contributed by atoms with Gasteiger partial charge in [0, 0.05) is 30.2 Å². The normalized spacial score (nSPS) is 10.9. The number of carbonyl (C=O) groups excluding carboxylic acids is 1. The van der Waals surface area contributed by atoms with Crippen molar-refractivity contribution in [1.82, 2.24) is 14.8 Å². The van der Waals surface area contributed by atoms with E-state index >= 15 is 0 Å². The van der Waals surface area contributed by atoms with Crippen LogP contribution in [0.25, 0.3) is 0 Å². The summed E-state index contributed by atoms with van der Waals surface area (Å²) in [7, 11) is 1.68. The molecule has 0 unspecified atom stereocenters. The molecule has 0 aliphatic carbocycles. The number of hydrogen-bond donors (Lipinski definition) is 1. The lowest BCUT2D eigenvalue weighted by Crippen LogP contribution is -2.15. The number of nitrogens with one attached hydrogen (secondary N) is 1. The average molecular weight is 489 g/mol. The van der Waals surface area contributed by atoms with Gasteiger partial charge in [-0.1, -0.05) is 58.0 Å². The van der Waals surface area contributed by atoms with Crippen LogP contribution in [0.2, 0.25) is 0 Å². The summed E-state index contributed by atoms with van der Waals surface area (Å²) in [5.74, 6) is 1.09. The van der Waals surface area contributed by atoms with Crippen molar-refractivity contribution >= 4 is 39.3 Å². The van der Waals surface area contributed by atoms with Crippen molar-refractivity contribution in [2.75, 3.05) is 24.8 Å². The molecule has 0 radical (unpaired) electrons. The Hall–Kier alpha value is -2.16. The molecule has 158 valence electrons. The lowest BCUT2D eigenvalue weighted by molar-refractivity contribution is -0.113. The summed E-state index contributed by atoms with van der Waals surface area (Å²) in [5.41, 5.74) is 3.12. The van der Waals surface area contributed by atoms with E-state index in [0.717, 1.165) is 39.5 Å². The maximum Gasteiger partial charge on any atom is 0.234 e. The number of aromatic nitrogens is 3. The lowest BCUT2D eigenvalue weighted by Gasteiger charge is -2.10. The highest BCUT2D eigenvalue weighted by Crippen LogP contribution is 2.22. The van der Waals surface area contributed by atoms with Crippen molar-refractivity contribution in [3.63, 3.8) is 0 Å². The fourth-order valence-corrected chi connectivity index (χ4v) is 4.00. The van der Waals surface area contributed by atoms with Crippen LogP contribution in [0.4, 0.5) is 5.69 Å². The van der Waals surface area contributed by atoms with Gasteiger partial charge in [0.2, 0.25) is 5.91 Å². The Labute approximate surface area is 189 Å². The van der Waals surface area contributed by atoms with Gasteiger partial charge >= 0.3 is 0 Å². The molecule has 0 spiro atoms. The first kappa shape index (κ1) is 22.5. The zero-order valence-electron chi connectivity index (χ0n) is 17.1. The second-order valence-corrected chi connectivity index (χ2v) is 8.63. The van der Waals surface area contributed by atoms with E-state index in [4.69, 9.17) is 4.74 Å². The summed E-state index contributed by atoms with van der Waals surface area (Å²) in [4.78, 5) is 12.4. The molecule has 8 heteroatoms. The van der Waals surface area contributed by atoms with Crippen molar-refractivity contribution in [1.29, 1.82) is 0 Å². The predicted octanol–water partition coefficient (Wildman–Crippen LogP) is 4.51. The van der Waals surface area contributed by atoms with Gasteiger partial charge in [-0.2, -0.15) is 0 Å². The summed E-state index contributed by atoms with van der Waals surface area (Å²) in [5, 5.41) is 12.4. The molecule has 2 aromatic carbocycles. The van der Waals surface area contributed by atoms with Gasteiger partial charge in [0.05, 0.1) is 12.4 Å². The third-order valence-corrected chi connectivity index (χ3v) is 6.42. The van der Waals surface area contributed by atoms with Gasteiger partial charge in [0.25, 0.3) is 0 Å².